The first-order valence-corrected chi connectivity index (χ1v) is 13.7. The van der Waals surface area contributed by atoms with Crippen LogP contribution in [0, 0.1) is 17.2 Å². The molecular weight excluding hydrogens is 544 g/mol. The molecule has 208 valence electrons. The Balaban J connectivity index is 0.00000441. The molecule has 0 unspecified atom stereocenters. The summed E-state index contributed by atoms with van der Waals surface area (Å²) >= 11 is 6.03. The Morgan fingerprint density at radius 2 is 1.80 bits per heavy atom. The molecule has 2 aliphatic rings. The summed E-state index contributed by atoms with van der Waals surface area (Å²) < 4.78 is 15.0. The molecule has 2 aromatic rings. The molecule has 1 aliphatic heterocycles. The number of nitrogens with one attached hydrogen (secondary N) is 1. The molecule has 0 radical (unpaired) electrons. The quantitative estimate of drug-likeness (QED) is 0.476. The van der Waals surface area contributed by atoms with Gasteiger partial charge in [-0.2, -0.15) is 0 Å². The molecule has 1 spiro atoms. The van der Waals surface area contributed by atoms with Crippen molar-refractivity contribution in [2.24, 2.45) is 16.3 Å². The fraction of sp³-hybridized carbons (Fsp3) is 0.467. The molecule has 2 amide bonds. The van der Waals surface area contributed by atoms with E-state index in [9.17, 15) is 23.9 Å². The first kappa shape index (κ1) is 32.3. The van der Waals surface area contributed by atoms with Gasteiger partial charge in [-0.25, -0.2) is 4.39 Å². The van der Waals surface area contributed by atoms with Gasteiger partial charge in [-0.3, -0.25) is 14.6 Å². The first-order valence-electron chi connectivity index (χ1n) is 13.3. The van der Waals surface area contributed by atoms with Crippen LogP contribution in [0.3, 0.4) is 0 Å². The maximum atomic E-state index is 15.0. The van der Waals surface area contributed by atoms with Gasteiger partial charge in [0.05, 0.1) is 5.02 Å². The number of carboxylic acid groups (broad SMARTS) is 1. The van der Waals surface area contributed by atoms with Crippen LogP contribution in [-0.2, 0) is 16.0 Å². The SMILES string of the molecule is CC(C)(C)C1CCC2(CC1)N=C(c1cccc(Cl)c1F)C(=O)N2CCc1ccc(C(=O)NCCC(=O)[O-])cc1.[Na+]. The van der Waals surface area contributed by atoms with E-state index in [0.717, 1.165) is 18.4 Å². The zero-order valence-corrected chi connectivity index (χ0v) is 26.3. The topological polar surface area (TPSA) is 102 Å². The predicted octanol–water partition coefficient (Wildman–Crippen LogP) is 1.16. The average Bonchev–Trinajstić information content (AvgIpc) is 3.14. The van der Waals surface area contributed by atoms with Crippen LogP contribution in [0.4, 0.5) is 4.39 Å². The number of hydrogen-bond donors (Lipinski definition) is 1. The summed E-state index contributed by atoms with van der Waals surface area (Å²) in [5.41, 5.74) is 1.01. The van der Waals surface area contributed by atoms with Crippen LogP contribution in [-0.4, -0.2) is 47.1 Å². The third kappa shape index (κ3) is 7.14. The molecule has 0 saturated heterocycles. The van der Waals surface area contributed by atoms with Gasteiger partial charge in [0.25, 0.3) is 11.8 Å². The smallest absolute Gasteiger partial charge is 0.550 e. The number of aliphatic imine (C=N–C) groups is 1. The minimum atomic E-state index is -1.22. The van der Waals surface area contributed by atoms with Crippen molar-refractivity contribution in [2.75, 3.05) is 13.1 Å². The van der Waals surface area contributed by atoms with Crippen LogP contribution in [0.1, 0.15) is 74.4 Å². The van der Waals surface area contributed by atoms with E-state index >= 15 is 0 Å². The fourth-order valence-corrected chi connectivity index (χ4v) is 5.75. The van der Waals surface area contributed by atoms with E-state index in [1.807, 2.05) is 12.1 Å². The normalized spacial score (nSPS) is 20.7. The molecule has 10 heteroatoms. The van der Waals surface area contributed by atoms with Gasteiger partial charge in [-0.1, -0.05) is 50.6 Å². The van der Waals surface area contributed by atoms with Crippen LogP contribution < -0.4 is 40.0 Å². The summed E-state index contributed by atoms with van der Waals surface area (Å²) in [6.45, 7) is 7.09. The number of amides is 2. The maximum absolute atomic E-state index is 15.0. The molecule has 4 rings (SSSR count). The van der Waals surface area contributed by atoms with Gasteiger partial charge in [0, 0.05) is 36.6 Å². The second kappa shape index (κ2) is 13.1. The number of carbonyl (C=O) groups excluding carboxylic acids is 3. The molecule has 1 N–H and O–H groups in total. The van der Waals surface area contributed by atoms with Gasteiger partial charge >= 0.3 is 29.6 Å². The van der Waals surface area contributed by atoms with Crippen molar-refractivity contribution in [3.05, 3.63) is 70.0 Å². The van der Waals surface area contributed by atoms with Gasteiger partial charge in [0.1, 0.15) is 11.4 Å². The largest absolute Gasteiger partial charge is 1.00 e. The van der Waals surface area contributed by atoms with E-state index in [4.69, 9.17) is 16.6 Å². The molecular formula is C30H34ClFN3NaO4. The number of halogens is 2. The molecule has 1 fully saturated rings. The van der Waals surface area contributed by atoms with E-state index < -0.39 is 17.4 Å². The number of nitrogens with zero attached hydrogens (tertiary/aromatic N) is 2. The molecule has 0 bridgehead atoms. The third-order valence-electron chi connectivity index (χ3n) is 7.94. The molecule has 7 nitrogen and oxygen atoms in total. The number of carbonyl (C=O) groups is 3. The van der Waals surface area contributed by atoms with Crippen LogP contribution in [0.15, 0.2) is 47.5 Å². The molecule has 1 heterocycles. The number of carboxylic acids is 1. The van der Waals surface area contributed by atoms with Gasteiger partial charge in [0.2, 0.25) is 0 Å². The van der Waals surface area contributed by atoms with E-state index in [0.29, 0.717) is 37.3 Å². The van der Waals surface area contributed by atoms with Crippen molar-refractivity contribution in [1.29, 1.82) is 0 Å². The van der Waals surface area contributed by atoms with Crippen molar-refractivity contribution in [3.8, 4) is 0 Å². The van der Waals surface area contributed by atoms with Crippen LogP contribution in [0.25, 0.3) is 0 Å². The van der Waals surface area contributed by atoms with Gasteiger partial charge < -0.3 is 20.1 Å². The average molecular weight is 578 g/mol. The fourth-order valence-electron chi connectivity index (χ4n) is 5.58. The number of rotatable bonds is 8. The summed E-state index contributed by atoms with van der Waals surface area (Å²) in [4.78, 5) is 43.2. The van der Waals surface area contributed by atoms with Crippen molar-refractivity contribution >= 4 is 35.1 Å². The molecule has 40 heavy (non-hydrogen) atoms. The maximum Gasteiger partial charge on any atom is 1.00 e. The van der Waals surface area contributed by atoms with Crippen molar-refractivity contribution in [1.82, 2.24) is 10.2 Å². The van der Waals surface area contributed by atoms with Gasteiger partial charge in [0.15, 0.2) is 5.82 Å². The van der Waals surface area contributed by atoms with Crippen molar-refractivity contribution in [3.63, 3.8) is 0 Å². The van der Waals surface area contributed by atoms with Crippen LogP contribution in [0.2, 0.25) is 5.02 Å². The first-order chi connectivity index (χ1) is 18.4. The van der Waals surface area contributed by atoms with E-state index in [1.54, 1.807) is 29.2 Å². The predicted molar refractivity (Wildman–Crippen MR) is 146 cm³/mol. The Kier molecular flexibility index (Phi) is 10.6. The number of hydrogen-bond acceptors (Lipinski definition) is 5. The monoisotopic (exact) mass is 577 g/mol. The van der Waals surface area contributed by atoms with Crippen LogP contribution in [0.5, 0.6) is 0 Å². The van der Waals surface area contributed by atoms with Crippen molar-refractivity contribution in [2.45, 2.75) is 65.0 Å². The minimum absolute atomic E-state index is 0. The Morgan fingerprint density at radius 1 is 1.15 bits per heavy atom. The molecule has 2 aromatic carbocycles. The zero-order valence-electron chi connectivity index (χ0n) is 23.6. The zero-order chi connectivity index (χ0) is 28.4. The standard InChI is InChI=1S/C30H35ClFN3O4.Na/c1-29(2,3)21-11-15-30(16-12-21)34-26(22-5-4-6-23(31)25(22)32)28(39)35(30)18-14-19-7-9-20(10-8-19)27(38)33-17-13-24(36)37;/h4-10,21H,11-18H2,1-3H3,(H,33,38)(H,36,37);/q;+1/p-1. The molecule has 0 atom stereocenters. The molecule has 1 saturated carbocycles. The Bertz CT molecular complexity index is 1280. The minimum Gasteiger partial charge on any atom is -0.550 e. The van der Waals surface area contributed by atoms with Gasteiger partial charge in [-0.05, 0) is 73.3 Å². The second-order valence-electron chi connectivity index (χ2n) is 11.5. The second-order valence-corrected chi connectivity index (χ2v) is 11.9. The van der Waals surface area contributed by atoms with Gasteiger partial charge in [-0.15, -0.1) is 0 Å². The Hall–Kier alpha value is -2.26. The summed E-state index contributed by atoms with van der Waals surface area (Å²) in [5, 5.41) is 13.0. The van der Waals surface area contributed by atoms with Crippen LogP contribution >= 0.6 is 11.6 Å². The van der Waals surface area contributed by atoms with E-state index in [1.165, 1.54) is 6.07 Å². The molecule has 0 aromatic heterocycles. The van der Waals surface area contributed by atoms with E-state index in [-0.39, 0.29) is 76.0 Å². The third-order valence-corrected chi connectivity index (χ3v) is 8.23. The van der Waals surface area contributed by atoms with Crippen molar-refractivity contribution < 1.29 is 53.4 Å². The summed E-state index contributed by atoms with van der Waals surface area (Å²) in [6, 6.07) is 11.6. The van der Waals surface area contributed by atoms with E-state index in [2.05, 4.69) is 26.1 Å². The number of aliphatic carboxylic acids is 1. The summed E-state index contributed by atoms with van der Waals surface area (Å²) in [5.74, 6) is -2.02. The number of benzene rings is 2. The molecule has 1 aliphatic carbocycles. The summed E-state index contributed by atoms with van der Waals surface area (Å²) in [6.07, 6.45) is 3.53. The Morgan fingerprint density at radius 3 is 2.40 bits per heavy atom. The summed E-state index contributed by atoms with van der Waals surface area (Å²) in [7, 11) is 0. The Labute approximate surface area is 261 Å².